The van der Waals surface area contributed by atoms with Crippen molar-refractivity contribution in [3.63, 3.8) is 0 Å². The second kappa shape index (κ2) is 3.06. The van der Waals surface area contributed by atoms with Crippen LogP contribution in [0.5, 0.6) is 0 Å². The lowest BCUT2D eigenvalue weighted by molar-refractivity contribution is 0.107. The smallest absolute Gasteiger partial charge is 0.276 e. The van der Waals surface area contributed by atoms with Crippen molar-refractivity contribution in [3.8, 4) is 0 Å². The van der Waals surface area contributed by atoms with Gasteiger partial charge in [-0.15, -0.1) is 0 Å². The molecule has 4 heteroatoms. The Labute approximate surface area is 70.9 Å². The Hall–Kier alpha value is -1.16. The highest BCUT2D eigenvalue weighted by Crippen LogP contribution is 2.02. The predicted octanol–water partition coefficient (Wildman–Crippen LogP) is 0.672. The Bertz CT molecular complexity index is 378. The second-order valence-electron chi connectivity index (χ2n) is 2.34. The van der Waals surface area contributed by atoms with Gasteiger partial charge in [-0.05, 0) is 12.1 Å². The molecule has 1 aromatic carbocycles. The molecular formula is C8H7O3S. The van der Waals surface area contributed by atoms with Gasteiger partial charge in [-0.2, -0.15) is 0 Å². The van der Waals surface area contributed by atoms with Gasteiger partial charge in [0.05, 0.1) is 0 Å². The molecule has 0 aromatic heterocycles. The molecular weight excluding hydrogens is 176 g/mol. The van der Waals surface area contributed by atoms with Crippen LogP contribution in [0, 0.1) is 6.07 Å². The van der Waals surface area contributed by atoms with Gasteiger partial charge < -0.3 is 0 Å². The lowest BCUT2D eigenvalue weighted by Gasteiger charge is -1.95. The summed E-state index contributed by atoms with van der Waals surface area (Å²) in [5, 5.41) is -0.886. The molecule has 1 radical (unpaired) electrons. The summed E-state index contributed by atoms with van der Waals surface area (Å²) in [6.45, 7) is 0. The van der Waals surface area contributed by atoms with Crippen molar-refractivity contribution in [2.45, 2.75) is 0 Å². The molecule has 3 nitrogen and oxygen atoms in total. The highest BCUT2D eigenvalue weighted by Gasteiger charge is 2.17. The summed E-state index contributed by atoms with van der Waals surface area (Å²) >= 11 is 0. The molecule has 0 unspecified atom stereocenters. The van der Waals surface area contributed by atoms with Crippen LogP contribution in [0.25, 0.3) is 0 Å². The zero-order chi connectivity index (χ0) is 9.19. The van der Waals surface area contributed by atoms with Crippen LogP contribution in [0.3, 0.4) is 0 Å². The average Bonchev–Trinajstić information content (AvgIpc) is 2.03. The van der Waals surface area contributed by atoms with E-state index in [0.717, 1.165) is 6.26 Å². The largest absolute Gasteiger partial charge is 0.276 e. The molecule has 0 fully saturated rings. The third-order valence-electron chi connectivity index (χ3n) is 1.27. The van der Waals surface area contributed by atoms with Crippen LogP contribution in [0.2, 0.25) is 0 Å². The maximum absolute atomic E-state index is 11.0. The van der Waals surface area contributed by atoms with Gasteiger partial charge in [-0.1, -0.05) is 18.2 Å². The van der Waals surface area contributed by atoms with Gasteiger partial charge >= 0.3 is 0 Å². The summed E-state index contributed by atoms with van der Waals surface area (Å²) in [7, 11) is -3.63. The van der Waals surface area contributed by atoms with E-state index >= 15 is 0 Å². The van der Waals surface area contributed by atoms with Gasteiger partial charge in [0, 0.05) is 11.8 Å². The molecule has 0 atom stereocenters. The Morgan fingerprint density at radius 3 is 2.50 bits per heavy atom. The van der Waals surface area contributed by atoms with Gasteiger partial charge in [0.2, 0.25) is 9.84 Å². The molecule has 0 N–H and O–H groups in total. The van der Waals surface area contributed by atoms with Crippen molar-refractivity contribution in [1.82, 2.24) is 0 Å². The lowest BCUT2D eigenvalue weighted by atomic mass is 10.2. The molecule has 1 aromatic rings. The van der Waals surface area contributed by atoms with Crippen molar-refractivity contribution in [3.05, 3.63) is 35.9 Å². The number of carbonyl (C=O) groups excluding carboxylic acids is 1. The quantitative estimate of drug-likeness (QED) is 0.643. The predicted molar refractivity (Wildman–Crippen MR) is 44.5 cm³/mol. The number of benzene rings is 1. The van der Waals surface area contributed by atoms with Gasteiger partial charge in [-0.25, -0.2) is 8.42 Å². The van der Waals surface area contributed by atoms with Crippen molar-refractivity contribution < 1.29 is 13.2 Å². The van der Waals surface area contributed by atoms with Crippen molar-refractivity contribution in [2.24, 2.45) is 0 Å². The maximum atomic E-state index is 11.0. The number of sulfone groups is 1. The maximum Gasteiger partial charge on any atom is 0.276 e. The van der Waals surface area contributed by atoms with E-state index in [0.29, 0.717) is 0 Å². The molecule has 0 aliphatic carbocycles. The monoisotopic (exact) mass is 183 g/mol. The molecule has 12 heavy (non-hydrogen) atoms. The minimum Gasteiger partial charge on any atom is -0.276 e. The van der Waals surface area contributed by atoms with E-state index in [-0.39, 0.29) is 5.56 Å². The summed E-state index contributed by atoms with van der Waals surface area (Å²) in [6.07, 6.45) is 0.885. The van der Waals surface area contributed by atoms with Crippen LogP contribution < -0.4 is 0 Å². The van der Waals surface area contributed by atoms with Gasteiger partial charge in [-0.3, -0.25) is 4.79 Å². The SMILES string of the molecule is CS(=O)(=O)C(=O)c1[c]cccc1. The molecule has 1 rings (SSSR count). The molecule has 63 valence electrons. The van der Waals surface area contributed by atoms with Crippen molar-refractivity contribution >= 4 is 15.0 Å². The summed E-state index contributed by atoms with van der Waals surface area (Å²) in [5.41, 5.74) is 0.0833. The minimum absolute atomic E-state index is 0.0833. The highest BCUT2D eigenvalue weighted by atomic mass is 32.2. The Kier molecular flexibility index (Phi) is 2.28. The molecule has 0 aliphatic rings. The van der Waals surface area contributed by atoms with E-state index in [1.54, 1.807) is 12.1 Å². The van der Waals surface area contributed by atoms with Crippen LogP contribution in [-0.4, -0.2) is 19.8 Å². The Balaban J connectivity index is 3.11. The zero-order valence-electron chi connectivity index (χ0n) is 6.44. The second-order valence-corrected chi connectivity index (χ2v) is 4.25. The first kappa shape index (κ1) is 8.93. The molecule has 0 aliphatic heterocycles. The van der Waals surface area contributed by atoms with E-state index in [2.05, 4.69) is 6.07 Å². The summed E-state index contributed by atoms with van der Waals surface area (Å²) in [4.78, 5) is 11.0. The van der Waals surface area contributed by atoms with Gasteiger partial charge in [0.25, 0.3) is 5.12 Å². The third kappa shape index (κ3) is 1.92. The molecule has 0 bridgehead atoms. The highest BCUT2D eigenvalue weighted by molar-refractivity contribution is 8.06. The first-order chi connectivity index (χ1) is 5.52. The average molecular weight is 183 g/mol. The normalized spacial score (nSPS) is 11.1. The lowest BCUT2D eigenvalue weighted by Crippen LogP contribution is -2.12. The number of hydrogen-bond donors (Lipinski definition) is 0. The van der Waals surface area contributed by atoms with E-state index in [9.17, 15) is 13.2 Å². The van der Waals surface area contributed by atoms with Crippen LogP contribution in [0.15, 0.2) is 24.3 Å². The third-order valence-corrected chi connectivity index (χ3v) is 2.16. The van der Waals surface area contributed by atoms with Gasteiger partial charge in [0.15, 0.2) is 0 Å². The molecule has 0 saturated carbocycles. The molecule has 0 saturated heterocycles. The Morgan fingerprint density at radius 2 is 2.08 bits per heavy atom. The van der Waals surface area contributed by atoms with Gasteiger partial charge in [0.1, 0.15) is 0 Å². The fourth-order valence-corrected chi connectivity index (χ4v) is 1.25. The summed E-state index contributed by atoms with van der Waals surface area (Å²) in [6, 6.07) is 8.72. The summed E-state index contributed by atoms with van der Waals surface area (Å²) in [5.74, 6) is 0. The topological polar surface area (TPSA) is 51.2 Å². The first-order valence-electron chi connectivity index (χ1n) is 3.23. The minimum atomic E-state index is -3.63. The van der Waals surface area contributed by atoms with E-state index in [4.69, 9.17) is 0 Å². The standard InChI is InChI=1S/C8H7O3S/c1-12(10,11)8(9)7-5-3-2-4-6-7/h2-5H,1H3. The summed E-state index contributed by atoms with van der Waals surface area (Å²) < 4.78 is 21.5. The molecule has 0 amide bonds. The molecule has 0 spiro atoms. The van der Waals surface area contributed by atoms with E-state index in [1.165, 1.54) is 12.1 Å². The first-order valence-corrected chi connectivity index (χ1v) is 5.12. The number of rotatable bonds is 1. The Morgan fingerprint density at radius 1 is 1.42 bits per heavy atom. The van der Waals surface area contributed by atoms with E-state index in [1.807, 2.05) is 0 Å². The van der Waals surface area contributed by atoms with Crippen LogP contribution in [0.4, 0.5) is 0 Å². The van der Waals surface area contributed by atoms with Crippen LogP contribution in [-0.2, 0) is 9.84 Å². The molecule has 0 heterocycles. The van der Waals surface area contributed by atoms with Crippen LogP contribution in [0.1, 0.15) is 10.4 Å². The number of hydrogen-bond acceptors (Lipinski definition) is 3. The number of carbonyl (C=O) groups is 1. The van der Waals surface area contributed by atoms with Crippen LogP contribution >= 0.6 is 0 Å². The zero-order valence-corrected chi connectivity index (χ0v) is 7.26. The fourth-order valence-electron chi connectivity index (χ4n) is 0.720. The van der Waals surface area contributed by atoms with Crippen molar-refractivity contribution in [1.29, 1.82) is 0 Å². The van der Waals surface area contributed by atoms with Crippen molar-refractivity contribution in [2.75, 3.05) is 6.26 Å². The van der Waals surface area contributed by atoms with E-state index < -0.39 is 15.0 Å². The fraction of sp³-hybridized carbons (Fsp3) is 0.125.